The Labute approximate surface area is 116 Å². The number of hydrogen-bond acceptors (Lipinski definition) is 3. The van der Waals surface area contributed by atoms with Crippen LogP contribution in [0.5, 0.6) is 5.75 Å². The Balaban J connectivity index is 2.07. The molecule has 1 aliphatic rings. The molecule has 2 atom stereocenters. The van der Waals surface area contributed by atoms with E-state index in [0.717, 1.165) is 12.1 Å². The molecule has 20 heavy (non-hydrogen) atoms. The molecule has 0 spiro atoms. The van der Waals surface area contributed by atoms with Gasteiger partial charge in [-0.05, 0) is 31.5 Å². The minimum absolute atomic E-state index is 0.00633. The lowest BCUT2D eigenvalue weighted by atomic mass is 9.96. The maximum Gasteiger partial charge on any atom is 0.237 e. The summed E-state index contributed by atoms with van der Waals surface area (Å²) in [5.74, 6) is -1.83. The summed E-state index contributed by atoms with van der Waals surface area (Å²) in [4.78, 5) is 11.6. The lowest BCUT2D eigenvalue weighted by Crippen LogP contribution is -2.54. The standard InChI is InChI=1S/C14H18F2N2O2/c1-2-18-14(13(17)19)6-5-10(8-14)20-12-4-3-9(15)7-11(12)16/h3-4,7,10,18H,2,5-6,8H2,1H3,(H2,17,19). The molecule has 3 N–H and O–H groups in total. The van der Waals surface area contributed by atoms with Gasteiger partial charge in [0.25, 0.3) is 0 Å². The van der Waals surface area contributed by atoms with E-state index in [-0.39, 0.29) is 11.9 Å². The molecular weight excluding hydrogens is 266 g/mol. The van der Waals surface area contributed by atoms with Crippen molar-refractivity contribution >= 4 is 5.91 Å². The molecule has 0 aliphatic heterocycles. The van der Waals surface area contributed by atoms with Gasteiger partial charge in [0.15, 0.2) is 11.6 Å². The first-order chi connectivity index (χ1) is 9.47. The lowest BCUT2D eigenvalue weighted by Gasteiger charge is -2.26. The van der Waals surface area contributed by atoms with E-state index in [1.54, 1.807) is 0 Å². The third-order valence-electron chi connectivity index (χ3n) is 3.64. The van der Waals surface area contributed by atoms with Crippen molar-refractivity contribution in [1.29, 1.82) is 0 Å². The number of rotatable bonds is 5. The summed E-state index contributed by atoms with van der Waals surface area (Å²) in [6.45, 7) is 2.50. The zero-order valence-electron chi connectivity index (χ0n) is 11.3. The smallest absolute Gasteiger partial charge is 0.237 e. The molecule has 1 aliphatic carbocycles. The van der Waals surface area contributed by atoms with Crippen LogP contribution in [-0.4, -0.2) is 24.1 Å². The van der Waals surface area contributed by atoms with E-state index in [0.29, 0.717) is 25.8 Å². The van der Waals surface area contributed by atoms with Crippen molar-refractivity contribution in [1.82, 2.24) is 5.32 Å². The minimum Gasteiger partial charge on any atom is -0.487 e. The van der Waals surface area contributed by atoms with Gasteiger partial charge in [0, 0.05) is 12.5 Å². The van der Waals surface area contributed by atoms with Crippen molar-refractivity contribution in [3.05, 3.63) is 29.8 Å². The average Bonchev–Trinajstić information content (AvgIpc) is 2.78. The van der Waals surface area contributed by atoms with E-state index in [2.05, 4.69) is 5.32 Å². The predicted octanol–water partition coefficient (Wildman–Crippen LogP) is 1.73. The summed E-state index contributed by atoms with van der Waals surface area (Å²) in [6.07, 6.45) is 1.20. The Morgan fingerprint density at radius 2 is 2.30 bits per heavy atom. The Hall–Kier alpha value is -1.69. The second-order valence-electron chi connectivity index (χ2n) is 5.03. The molecule has 1 aromatic rings. The van der Waals surface area contributed by atoms with Gasteiger partial charge in [0.2, 0.25) is 5.91 Å². The van der Waals surface area contributed by atoms with Gasteiger partial charge in [-0.25, -0.2) is 8.78 Å². The molecular formula is C14H18F2N2O2. The quantitative estimate of drug-likeness (QED) is 0.865. The number of carbonyl (C=O) groups is 1. The zero-order chi connectivity index (χ0) is 14.8. The first-order valence-corrected chi connectivity index (χ1v) is 6.63. The summed E-state index contributed by atoms with van der Waals surface area (Å²) >= 11 is 0. The van der Waals surface area contributed by atoms with Gasteiger partial charge in [-0.3, -0.25) is 4.79 Å². The highest BCUT2D eigenvalue weighted by molar-refractivity contribution is 5.85. The van der Waals surface area contributed by atoms with Crippen molar-refractivity contribution in [3.8, 4) is 5.75 Å². The number of amides is 1. The van der Waals surface area contributed by atoms with Gasteiger partial charge in [-0.2, -0.15) is 0 Å². The van der Waals surface area contributed by atoms with E-state index in [4.69, 9.17) is 10.5 Å². The van der Waals surface area contributed by atoms with Crippen LogP contribution in [0.25, 0.3) is 0 Å². The number of halogens is 2. The molecule has 0 saturated heterocycles. The van der Waals surface area contributed by atoms with Crippen LogP contribution < -0.4 is 15.8 Å². The molecule has 1 saturated carbocycles. The normalized spacial score (nSPS) is 25.6. The van der Waals surface area contributed by atoms with E-state index < -0.39 is 23.1 Å². The topological polar surface area (TPSA) is 64.3 Å². The van der Waals surface area contributed by atoms with E-state index in [9.17, 15) is 13.6 Å². The molecule has 0 radical (unpaired) electrons. The number of carbonyl (C=O) groups excluding carboxylic acids is 1. The summed E-state index contributed by atoms with van der Waals surface area (Å²) < 4.78 is 31.9. The molecule has 6 heteroatoms. The molecule has 2 unspecified atom stereocenters. The number of ether oxygens (including phenoxy) is 1. The summed E-state index contributed by atoms with van der Waals surface area (Å²) in [5, 5.41) is 3.09. The second kappa shape index (κ2) is 5.75. The SMILES string of the molecule is CCNC1(C(N)=O)CCC(Oc2ccc(F)cc2F)C1. The summed E-state index contributed by atoms with van der Waals surface area (Å²) in [5.41, 5.74) is 4.65. The van der Waals surface area contributed by atoms with Gasteiger partial charge >= 0.3 is 0 Å². The lowest BCUT2D eigenvalue weighted by molar-refractivity contribution is -0.124. The van der Waals surface area contributed by atoms with Crippen molar-refractivity contribution in [2.75, 3.05) is 6.54 Å². The molecule has 1 fully saturated rings. The fourth-order valence-corrected chi connectivity index (χ4v) is 2.66. The number of likely N-dealkylation sites (N-methyl/N-ethyl adjacent to an activating group) is 1. The number of benzene rings is 1. The second-order valence-corrected chi connectivity index (χ2v) is 5.03. The predicted molar refractivity (Wildman–Crippen MR) is 70.2 cm³/mol. The van der Waals surface area contributed by atoms with Crippen molar-refractivity contribution in [2.24, 2.45) is 5.73 Å². The molecule has 1 aromatic carbocycles. The summed E-state index contributed by atoms with van der Waals surface area (Å²) in [7, 11) is 0. The average molecular weight is 284 g/mol. The molecule has 0 bridgehead atoms. The van der Waals surface area contributed by atoms with Crippen molar-refractivity contribution in [2.45, 2.75) is 37.8 Å². The van der Waals surface area contributed by atoms with E-state index >= 15 is 0 Å². The van der Waals surface area contributed by atoms with E-state index in [1.165, 1.54) is 6.07 Å². The van der Waals surface area contributed by atoms with Crippen molar-refractivity contribution in [3.63, 3.8) is 0 Å². The monoisotopic (exact) mass is 284 g/mol. The zero-order valence-corrected chi connectivity index (χ0v) is 11.3. The van der Waals surface area contributed by atoms with Gasteiger partial charge in [0.1, 0.15) is 17.5 Å². The van der Waals surface area contributed by atoms with Gasteiger partial charge in [-0.15, -0.1) is 0 Å². The molecule has 2 rings (SSSR count). The van der Waals surface area contributed by atoms with Crippen LogP contribution in [0.1, 0.15) is 26.2 Å². The molecule has 110 valence electrons. The van der Waals surface area contributed by atoms with Crippen LogP contribution in [-0.2, 0) is 4.79 Å². The fourth-order valence-electron chi connectivity index (χ4n) is 2.66. The van der Waals surface area contributed by atoms with E-state index in [1.807, 2.05) is 6.92 Å². The van der Waals surface area contributed by atoms with Crippen LogP contribution >= 0.6 is 0 Å². The van der Waals surface area contributed by atoms with Gasteiger partial charge in [-0.1, -0.05) is 6.92 Å². The third kappa shape index (κ3) is 2.90. The highest BCUT2D eigenvalue weighted by Gasteiger charge is 2.44. The molecule has 1 amide bonds. The first-order valence-electron chi connectivity index (χ1n) is 6.63. The Morgan fingerprint density at radius 1 is 1.55 bits per heavy atom. The first kappa shape index (κ1) is 14.7. The Kier molecular flexibility index (Phi) is 4.23. The van der Waals surface area contributed by atoms with Crippen molar-refractivity contribution < 1.29 is 18.3 Å². The van der Waals surface area contributed by atoms with Crippen LogP contribution in [0, 0.1) is 11.6 Å². The van der Waals surface area contributed by atoms with Crippen LogP contribution in [0.4, 0.5) is 8.78 Å². The number of nitrogens with one attached hydrogen (secondary N) is 1. The number of hydrogen-bond donors (Lipinski definition) is 2. The molecule has 4 nitrogen and oxygen atoms in total. The number of primary amides is 1. The van der Waals surface area contributed by atoms with Gasteiger partial charge in [0.05, 0.1) is 0 Å². The highest BCUT2D eigenvalue weighted by atomic mass is 19.1. The minimum atomic E-state index is -0.796. The third-order valence-corrected chi connectivity index (χ3v) is 3.64. The van der Waals surface area contributed by atoms with Gasteiger partial charge < -0.3 is 15.8 Å². The molecule has 0 heterocycles. The maximum absolute atomic E-state index is 13.5. The highest BCUT2D eigenvalue weighted by Crippen LogP contribution is 2.33. The molecule has 0 aromatic heterocycles. The van der Waals surface area contributed by atoms with Crippen LogP contribution in [0.15, 0.2) is 18.2 Å². The summed E-state index contributed by atoms with van der Waals surface area (Å²) in [6, 6.07) is 3.16. The Morgan fingerprint density at radius 3 is 2.90 bits per heavy atom. The Bertz CT molecular complexity index is 510. The van der Waals surface area contributed by atoms with Crippen LogP contribution in [0.2, 0.25) is 0 Å². The number of nitrogens with two attached hydrogens (primary N) is 1. The maximum atomic E-state index is 13.5. The largest absolute Gasteiger partial charge is 0.487 e. The van der Waals surface area contributed by atoms with Crippen LogP contribution in [0.3, 0.4) is 0 Å². The fraction of sp³-hybridized carbons (Fsp3) is 0.500.